The van der Waals surface area contributed by atoms with E-state index in [0.717, 1.165) is 37.4 Å². The van der Waals surface area contributed by atoms with E-state index in [1.54, 1.807) is 21.3 Å². The quantitative estimate of drug-likeness (QED) is 0.698. The Morgan fingerprint density at radius 3 is 2.39 bits per heavy atom. The molecule has 0 aliphatic carbocycles. The first-order valence-electron chi connectivity index (χ1n) is 9.26. The van der Waals surface area contributed by atoms with Crippen LogP contribution in [0.3, 0.4) is 0 Å². The number of methoxy groups -OCH3 is 3. The first-order chi connectivity index (χ1) is 13.2. The molecule has 0 amide bonds. The molecule has 5 nitrogen and oxygen atoms in total. The number of aromatic nitrogens is 1. The number of aryl methyl sites for hydroxylation is 1. The summed E-state index contributed by atoms with van der Waals surface area (Å²) in [5.41, 5.74) is 6.46. The SMILES string of the molecule is COc1cc(OC)c(OC)cc1Cn1c2c(c3cc(C)ccc31)CCNC2.Cl. The van der Waals surface area contributed by atoms with Crippen molar-refractivity contribution in [3.05, 3.63) is 52.7 Å². The summed E-state index contributed by atoms with van der Waals surface area (Å²) in [7, 11) is 4.99. The maximum absolute atomic E-state index is 5.65. The third kappa shape index (κ3) is 3.40. The monoisotopic (exact) mass is 402 g/mol. The highest BCUT2D eigenvalue weighted by atomic mass is 35.5. The van der Waals surface area contributed by atoms with Gasteiger partial charge in [-0.15, -0.1) is 12.4 Å². The zero-order chi connectivity index (χ0) is 19.0. The number of benzene rings is 2. The van der Waals surface area contributed by atoms with Crippen molar-refractivity contribution >= 4 is 23.3 Å². The Bertz CT molecular complexity index is 997. The van der Waals surface area contributed by atoms with Crippen LogP contribution in [0.25, 0.3) is 10.9 Å². The lowest BCUT2D eigenvalue weighted by molar-refractivity contribution is 0.347. The van der Waals surface area contributed by atoms with Crippen molar-refractivity contribution < 1.29 is 14.2 Å². The summed E-state index contributed by atoms with van der Waals surface area (Å²) in [5.74, 6) is 2.20. The van der Waals surface area contributed by atoms with Gasteiger partial charge in [0.25, 0.3) is 0 Å². The average Bonchev–Trinajstić information content (AvgIpc) is 3.00. The lowest BCUT2D eigenvalue weighted by Crippen LogP contribution is -2.25. The van der Waals surface area contributed by atoms with E-state index in [2.05, 4.69) is 35.0 Å². The van der Waals surface area contributed by atoms with E-state index in [1.807, 2.05) is 12.1 Å². The van der Waals surface area contributed by atoms with Gasteiger partial charge in [-0.05, 0) is 43.7 Å². The van der Waals surface area contributed by atoms with E-state index in [0.29, 0.717) is 11.5 Å². The molecule has 4 rings (SSSR count). The second kappa shape index (κ2) is 8.33. The van der Waals surface area contributed by atoms with E-state index in [9.17, 15) is 0 Å². The minimum Gasteiger partial charge on any atom is -0.496 e. The average molecular weight is 403 g/mol. The number of nitrogens with zero attached hydrogens (tertiary/aromatic N) is 1. The first kappa shape index (κ1) is 20.4. The van der Waals surface area contributed by atoms with Crippen molar-refractivity contribution in [2.45, 2.75) is 26.4 Å². The minimum atomic E-state index is 0. The van der Waals surface area contributed by atoms with Gasteiger partial charge < -0.3 is 24.1 Å². The molecule has 0 unspecified atom stereocenters. The number of hydrogen-bond acceptors (Lipinski definition) is 4. The maximum atomic E-state index is 5.65. The van der Waals surface area contributed by atoms with Crippen molar-refractivity contribution in [2.24, 2.45) is 0 Å². The molecule has 0 saturated carbocycles. The topological polar surface area (TPSA) is 44.7 Å². The molecule has 28 heavy (non-hydrogen) atoms. The molecular formula is C22H27ClN2O3. The van der Waals surface area contributed by atoms with Gasteiger partial charge in [-0.1, -0.05) is 11.6 Å². The Balaban J connectivity index is 0.00000225. The van der Waals surface area contributed by atoms with Crippen LogP contribution in [-0.2, 0) is 19.5 Å². The highest BCUT2D eigenvalue weighted by Gasteiger charge is 2.21. The molecule has 2 aromatic carbocycles. The first-order valence-corrected chi connectivity index (χ1v) is 9.26. The molecule has 6 heteroatoms. The Kier molecular flexibility index (Phi) is 6.06. The summed E-state index contributed by atoms with van der Waals surface area (Å²) >= 11 is 0. The van der Waals surface area contributed by atoms with Gasteiger partial charge in [0.05, 0.1) is 27.9 Å². The zero-order valence-electron chi connectivity index (χ0n) is 16.8. The van der Waals surface area contributed by atoms with Crippen LogP contribution >= 0.6 is 12.4 Å². The van der Waals surface area contributed by atoms with Crippen LogP contribution in [0.4, 0.5) is 0 Å². The van der Waals surface area contributed by atoms with Crippen LogP contribution < -0.4 is 19.5 Å². The van der Waals surface area contributed by atoms with Gasteiger partial charge in [0.15, 0.2) is 11.5 Å². The molecule has 0 atom stereocenters. The van der Waals surface area contributed by atoms with E-state index >= 15 is 0 Å². The lowest BCUT2D eigenvalue weighted by atomic mass is 10.0. The van der Waals surface area contributed by atoms with Gasteiger partial charge in [-0.3, -0.25) is 0 Å². The van der Waals surface area contributed by atoms with Gasteiger partial charge in [-0.2, -0.15) is 0 Å². The third-order valence-corrected chi connectivity index (χ3v) is 5.40. The van der Waals surface area contributed by atoms with Gasteiger partial charge in [-0.25, -0.2) is 0 Å². The fourth-order valence-electron chi connectivity index (χ4n) is 4.06. The summed E-state index contributed by atoms with van der Waals surface area (Å²) in [5, 5.41) is 4.88. The molecule has 0 bridgehead atoms. The Hall–Kier alpha value is -2.37. The fraction of sp³-hybridized carbons (Fsp3) is 0.364. The Labute approximate surface area is 172 Å². The number of halogens is 1. The summed E-state index contributed by atoms with van der Waals surface area (Å²) in [6, 6.07) is 10.6. The minimum absolute atomic E-state index is 0. The molecule has 3 aromatic rings. The predicted molar refractivity (Wildman–Crippen MR) is 115 cm³/mol. The van der Waals surface area contributed by atoms with Crippen LogP contribution in [0.2, 0.25) is 0 Å². The molecule has 0 fully saturated rings. The largest absolute Gasteiger partial charge is 0.496 e. The zero-order valence-corrected chi connectivity index (χ0v) is 17.6. The van der Waals surface area contributed by atoms with E-state index in [1.165, 1.54) is 27.7 Å². The molecule has 1 aliphatic rings. The number of hydrogen-bond donors (Lipinski definition) is 1. The molecule has 150 valence electrons. The molecule has 2 heterocycles. The molecular weight excluding hydrogens is 376 g/mol. The third-order valence-electron chi connectivity index (χ3n) is 5.40. The normalized spacial score (nSPS) is 13.0. The lowest BCUT2D eigenvalue weighted by Gasteiger charge is -2.19. The van der Waals surface area contributed by atoms with Crippen molar-refractivity contribution in [3.8, 4) is 17.2 Å². The number of nitrogens with one attached hydrogen (secondary N) is 1. The standard InChI is InChI=1S/C22H26N2O3.ClH/c1-14-5-6-18-17(9-14)16-7-8-23-12-19(16)24(18)13-15-10-21(26-3)22(27-4)11-20(15)25-2;/h5-6,9-11,23H,7-8,12-13H2,1-4H3;1H. The van der Waals surface area contributed by atoms with Crippen molar-refractivity contribution in [1.29, 1.82) is 0 Å². The summed E-state index contributed by atoms with van der Waals surface area (Å²) in [4.78, 5) is 0. The molecule has 0 spiro atoms. The highest BCUT2D eigenvalue weighted by molar-refractivity contribution is 5.86. The smallest absolute Gasteiger partial charge is 0.164 e. The summed E-state index contributed by atoms with van der Waals surface area (Å²) in [6.45, 7) is 4.79. The second-order valence-corrected chi connectivity index (χ2v) is 6.98. The number of fused-ring (bicyclic) bond motifs is 3. The van der Waals surface area contributed by atoms with Gasteiger partial charge in [0, 0.05) is 34.8 Å². The number of rotatable bonds is 5. The molecule has 1 N–H and O–H groups in total. The second-order valence-electron chi connectivity index (χ2n) is 6.98. The summed E-state index contributed by atoms with van der Waals surface area (Å²) < 4.78 is 19.0. The van der Waals surface area contributed by atoms with E-state index < -0.39 is 0 Å². The van der Waals surface area contributed by atoms with Gasteiger partial charge in [0.2, 0.25) is 0 Å². The maximum Gasteiger partial charge on any atom is 0.164 e. The van der Waals surface area contributed by atoms with Crippen LogP contribution in [-0.4, -0.2) is 32.4 Å². The molecule has 1 aromatic heterocycles. The van der Waals surface area contributed by atoms with Crippen LogP contribution in [0.5, 0.6) is 17.2 Å². The van der Waals surface area contributed by atoms with E-state index in [4.69, 9.17) is 14.2 Å². The fourth-order valence-corrected chi connectivity index (χ4v) is 4.06. The van der Waals surface area contributed by atoms with Gasteiger partial charge >= 0.3 is 0 Å². The molecule has 0 radical (unpaired) electrons. The van der Waals surface area contributed by atoms with Crippen molar-refractivity contribution in [2.75, 3.05) is 27.9 Å². The van der Waals surface area contributed by atoms with Crippen LogP contribution in [0.15, 0.2) is 30.3 Å². The Morgan fingerprint density at radius 1 is 0.964 bits per heavy atom. The van der Waals surface area contributed by atoms with Crippen LogP contribution in [0.1, 0.15) is 22.4 Å². The van der Waals surface area contributed by atoms with Gasteiger partial charge in [0.1, 0.15) is 5.75 Å². The molecule has 1 aliphatic heterocycles. The number of ether oxygens (including phenoxy) is 3. The highest BCUT2D eigenvalue weighted by Crippen LogP contribution is 2.37. The van der Waals surface area contributed by atoms with Crippen molar-refractivity contribution in [1.82, 2.24) is 9.88 Å². The Morgan fingerprint density at radius 2 is 1.68 bits per heavy atom. The van der Waals surface area contributed by atoms with Crippen molar-refractivity contribution in [3.63, 3.8) is 0 Å². The van der Waals surface area contributed by atoms with E-state index in [-0.39, 0.29) is 12.4 Å². The predicted octanol–water partition coefficient (Wildman–Crippen LogP) is 4.09. The van der Waals surface area contributed by atoms with Crippen LogP contribution in [0, 0.1) is 6.92 Å². The molecule has 0 saturated heterocycles. The summed E-state index contributed by atoms with van der Waals surface area (Å²) in [6.07, 6.45) is 1.06.